The standard InChI is InChI=1S/C22H21NO6S/c1-28-19-9-7-18(8-10-19)23-21(24)15-29-22(25)12-13-30(26,27)20-11-6-16-4-2-3-5-17(16)14-20/h2-11,14H,12-13,15H2,1H3,(H,23,24). The number of esters is 1. The molecule has 0 unspecified atom stereocenters. The topological polar surface area (TPSA) is 98.8 Å². The average molecular weight is 427 g/mol. The second kappa shape index (κ2) is 9.41. The van der Waals surface area contributed by atoms with Gasteiger partial charge in [0, 0.05) is 5.69 Å². The number of benzene rings is 3. The number of sulfone groups is 1. The van der Waals surface area contributed by atoms with Gasteiger partial charge in [-0.2, -0.15) is 0 Å². The highest BCUT2D eigenvalue weighted by Gasteiger charge is 2.18. The first kappa shape index (κ1) is 21.3. The molecule has 0 aromatic heterocycles. The Hall–Kier alpha value is -3.39. The zero-order valence-electron chi connectivity index (χ0n) is 16.3. The molecular formula is C22H21NO6S. The molecule has 0 heterocycles. The molecule has 30 heavy (non-hydrogen) atoms. The van der Waals surface area contributed by atoms with E-state index >= 15 is 0 Å². The number of nitrogens with one attached hydrogen (secondary N) is 1. The monoisotopic (exact) mass is 427 g/mol. The van der Waals surface area contributed by atoms with E-state index in [-0.39, 0.29) is 11.3 Å². The number of ether oxygens (including phenoxy) is 2. The molecule has 0 aliphatic heterocycles. The minimum Gasteiger partial charge on any atom is -0.497 e. The van der Waals surface area contributed by atoms with E-state index in [2.05, 4.69) is 5.32 Å². The van der Waals surface area contributed by atoms with Crippen molar-refractivity contribution in [3.05, 3.63) is 66.7 Å². The van der Waals surface area contributed by atoms with Crippen LogP contribution in [0.15, 0.2) is 71.6 Å². The van der Waals surface area contributed by atoms with Gasteiger partial charge in [-0.1, -0.05) is 30.3 Å². The van der Waals surface area contributed by atoms with Gasteiger partial charge in [-0.05, 0) is 47.2 Å². The van der Waals surface area contributed by atoms with Crippen LogP contribution in [-0.4, -0.2) is 39.8 Å². The molecule has 0 bridgehead atoms. The Morgan fingerprint density at radius 2 is 1.63 bits per heavy atom. The summed E-state index contributed by atoms with van der Waals surface area (Å²) in [6, 6.07) is 18.9. The van der Waals surface area contributed by atoms with E-state index in [1.807, 2.05) is 24.3 Å². The first-order valence-electron chi connectivity index (χ1n) is 9.18. The summed E-state index contributed by atoms with van der Waals surface area (Å²) in [5, 5.41) is 4.31. The SMILES string of the molecule is COc1ccc(NC(=O)COC(=O)CCS(=O)(=O)c2ccc3ccccc3c2)cc1. The highest BCUT2D eigenvalue weighted by molar-refractivity contribution is 7.91. The molecule has 0 saturated heterocycles. The molecular weight excluding hydrogens is 406 g/mol. The number of methoxy groups -OCH3 is 1. The highest BCUT2D eigenvalue weighted by atomic mass is 32.2. The van der Waals surface area contributed by atoms with Gasteiger partial charge in [-0.15, -0.1) is 0 Å². The smallest absolute Gasteiger partial charge is 0.307 e. The number of amides is 1. The second-order valence-corrected chi connectivity index (χ2v) is 8.62. The van der Waals surface area contributed by atoms with Gasteiger partial charge < -0.3 is 14.8 Å². The average Bonchev–Trinajstić information content (AvgIpc) is 2.76. The van der Waals surface area contributed by atoms with Crippen LogP contribution in [-0.2, 0) is 24.2 Å². The molecule has 0 atom stereocenters. The maximum atomic E-state index is 12.5. The summed E-state index contributed by atoms with van der Waals surface area (Å²) in [4.78, 5) is 23.9. The van der Waals surface area contributed by atoms with Crippen molar-refractivity contribution < 1.29 is 27.5 Å². The third-order valence-corrected chi connectivity index (χ3v) is 6.11. The first-order valence-corrected chi connectivity index (χ1v) is 10.8. The lowest BCUT2D eigenvalue weighted by Gasteiger charge is -2.08. The van der Waals surface area contributed by atoms with Crippen molar-refractivity contribution >= 4 is 38.2 Å². The molecule has 0 aliphatic carbocycles. The summed E-state index contributed by atoms with van der Waals surface area (Å²) >= 11 is 0. The number of carbonyl (C=O) groups excluding carboxylic acids is 2. The number of hydrogen-bond acceptors (Lipinski definition) is 6. The summed E-state index contributed by atoms with van der Waals surface area (Å²) in [6.45, 7) is -0.499. The van der Waals surface area contributed by atoms with Gasteiger partial charge in [0.2, 0.25) is 0 Å². The molecule has 0 fully saturated rings. The summed E-state index contributed by atoms with van der Waals surface area (Å²) in [5.41, 5.74) is 0.524. The van der Waals surface area contributed by atoms with Crippen LogP contribution < -0.4 is 10.1 Å². The Morgan fingerprint density at radius 3 is 2.33 bits per heavy atom. The van der Waals surface area contributed by atoms with E-state index in [4.69, 9.17) is 9.47 Å². The highest BCUT2D eigenvalue weighted by Crippen LogP contribution is 2.20. The normalized spacial score (nSPS) is 11.1. The van der Waals surface area contributed by atoms with Crippen molar-refractivity contribution in [3.8, 4) is 5.75 Å². The van der Waals surface area contributed by atoms with Crippen molar-refractivity contribution in [1.29, 1.82) is 0 Å². The minimum absolute atomic E-state index is 0.145. The van der Waals surface area contributed by atoms with Gasteiger partial charge in [0.05, 0.1) is 24.2 Å². The van der Waals surface area contributed by atoms with E-state index in [9.17, 15) is 18.0 Å². The predicted octanol–water partition coefficient (Wildman–Crippen LogP) is 3.19. The Bertz CT molecular complexity index is 1160. The fourth-order valence-electron chi connectivity index (χ4n) is 2.79. The summed E-state index contributed by atoms with van der Waals surface area (Å²) in [5.74, 6) is -1.04. The first-order chi connectivity index (χ1) is 14.4. The molecule has 0 spiro atoms. The van der Waals surface area contributed by atoms with Crippen molar-refractivity contribution in [3.63, 3.8) is 0 Å². The lowest BCUT2D eigenvalue weighted by atomic mass is 10.1. The van der Waals surface area contributed by atoms with E-state index in [1.165, 1.54) is 13.2 Å². The number of hydrogen-bond donors (Lipinski definition) is 1. The van der Waals surface area contributed by atoms with Crippen molar-refractivity contribution in [2.45, 2.75) is 11.3 Å². The number of carbonyl (C=O) groups is 2. The number of rotatable bonds is 8. The maximum Gasteiger partial charge on any atom is 0.307 e. The van der Waals surface area contributed by atoms with E-state index in [0.29, 0.717) is 11.4 Å². The predicted molar refractivity (Wildman–Crippen MR) is 113 cm³/mol. The lowest BCUT2D eigenvalue weighted by Crippen LogP contribution is -2.22. The molecule has 156 valence electrons. The Balaban J connectivity index is 1.49. The van der Waals surface area contributed by atoms with Gasteiger partial charge >= 0.3 is 5.97 Å². The molecule has 1 N–H and O–H groups in total. The zero-order chi connectivity index (χ0) is 21.6. The van der Waals surface area contributed by atoms with Gasteiger partial charge in [-0.25, -0.2) is 8.42 Å². The van der Waals surface area contributed by atoms with Crippen LogP contribution in [0.5, 0.6) is 5.75 Å². The molecule has 3 aromatic rings. The van der Waals surface area contributed by atoms with Crippen molar-refractivity contribution in [2.24, 2.45) is 0 Å². The van der Waals surface area contributed by atoms with Gasteiger partial charge in [0.15, 0.2) is 16.4 Å². The fraction of sp³-hybridized carbons (Fsp3) is 0.182. The molecule has 0 radical (unpaired) electrons. The van der Waals surface area contributed by atoms with Gasteiger partial charge in [-0.3, -0.25) is 9.59 Å². The molecule has 3 aromatic carbocycles. The molecule has 8 heteroatoms. The van der Waals surface area contributed by atoms with Crippen LogP contribution in [0.3, 0.4) is 0 Å². The lowest BCUT2D eigenvalue weighted by molar-refractivity contribution is -0.146. The maximum absolute atomic E-state index is 12.5. The molecule has 7 nitrogen and oxygen atoms in total. The summed E-state index contributed by atoms with van der Waals surface area (Å²) in [7, 11) is -2.12. The molecule has 3 rings (SSSR count). The molecule has 0 saturated carbocycles. The van der Waals surface area contributed by atoms with Crippen LogP contribution in [0, 0.1) is 0 Å². The van der Waals surface area contributed by atoms with Crippen LogP contribution in [0.2, 0.25) is 0 Å². The van der Waals surface area contributed by atoms with E-state index < -0.39 is 34.1 Å². The quantitative estimate of drug-likeness (QED) is 0.555. The summed E-state index contributed by atoms with van der Waals surface area (Å²) in [6.07, 6.45) is -0.342. The Kier molecular flexibility index (Phi) is 6.68. The van der Waals surface area contributed by atoms with Crippen LogP contribution in [0.4, 0.5) is 5.69 Å². The van der Waals surface area contributed by atoms with E-state index in [1.54, 1.807) is 36.4 Å². The van der Waals surface area contributed by atoms with Crippen LogP contribution in [0.25, 0.3) is 10.8 Å². The van der Waals surface area contributed by atoms with Crippen molar-refractivity contribution in [1.82, 2.24) is 0 Å². The minimum atomic E-state index is -3.65. The Morgan fingerprint density at radius 1 is 0.933 bits per heavy atom. The third-order valence-electron chi connectivity index (χ3n) is 4.39. The fourth-order valence-corrected chi connectivity index (χ4v) is 4.04. The second-order valence-electron chi connectivity index (χ2n) is 6.52. The van der Waals surface area contributed by atoms with Crippen LogP contribution >= 0.6 is 0 Å². The molecule has 1 amide bonds. The zero-order valence-corrected chi connectivity index (χ0v) is 17.1. The van der Waals surface area contributed by atoms with E-state index in [0.717, 1.165) is 10.8 Å². The third kappa shape index (κ3) is 5.57. The largest absolute Gasteiger partial charge is 0.497 e. The van der Waals surface area contributed by atoms with Gasteiger partial charge in [0.25, 0.3) is 5.91 Å². The number of anilines is 1. The Labute approximate surface area is 174 Å². The molecule has 0 aliphatic rings. The van der Waals surface area contributed by atoms with Gasteiger partial charge in [0.1, 0.15) is 5.75 Å². The number of fused-ring (bicyclic) bond motifs is 1. The van der Waals surface area contributed by atoms with Crippen molar-refractivity contribution in [2.75, 3.05) is 24.8 Å². The van der Waals surface area contributed by atoms with Crippen LogP contribution in [0.1, 0.15) is 6.42 Å². The summed E-state index contributed by atoms with van der Waals surface area (Å²) < 4.78 is 34.9.